The van der Waals surface area contributed by atoms with Gasteiger partial charge in [0.2, 0.25) is 0 Å². The quantitative estimate of drug-likeness (QED) is 0.141. The number of carbonyl (C=O) groups is 1. The molecule has 1 spiro atoms. The summed E-state index contributed by atoms with van der Waals surface area (Å²) in [5.74, 6) is -0.556. The normalized spacial score (nSPS) is 23.1. The van der Waals surface area contributed by atoms with Gasteiger partial charge in [0.05, 0.1) is 16.4 Å². The molecule has 0 N–H and O–H groups in total. The number of non-ortho nitro benzene ring substituents is 1. The monoisotopic (exact) mass is 540 g/mol. The third kappa shape index (κ3) is 3.95. The molecule has 5 nitrogen and oxygen atoms in total. The summed E-state index contributed by atoms with van der Waals surface area (Å²) >= 11 is 0. The first-order valence-electron chi connectivity index (χ1n) is 14.0. The zero-order valence-electron chi connectivity index (χ0n) is 23.5. The third-order valence-corrected chi connectivity index (χ3v) is 9.28. The van der Waals surface area contributed by atoms with Gasteiger partial charge in [-0.15, -0.1) is 0 Å². The van der Waals surface area contributed by atoms with Crippen LogP contribution in [0.5, 0.6) is 0 Å². The molecule has 6 rings (SSSR count). The van der Waals surface area contributed by atoms with Gasteiger partial charge < -0.3 is 4.90 Å². The van der Waals surface area contributed by atoms with E-state index in [1.165, 1.54) is 17.7 Å². The van der Waals surface area contributed by atoms with Crippen LogP contribution in [-0.2, 0) is 5.41 Å². The highest BCUT2D eigenvalue weighted by atomic mass is 16.6. The van der Waals surface area contributed by atoms with Crippen LogP contribution in [0.3, 0.4) is 0 Å². The maximum atomic E-state index is 14.9. The van der Waals surface area contributed by atoms with Crippen LogP contribution >= 0.6 is 0 Å². The number of carbonyl (C=O) groups excluding carboxylic acids is 1. The average molecular weight is 541 g/mol. The number of nitro benzene ring substituents is 1. The van der Waals surface area contributed by atoms with Crippen molar-refractivity contribution in [1.82, 2.24) is 0 Å². The van der Waals surface area contributed by atoms with E-state index in [9.17, 15) is 14.9 Å². The van der Waals surface area contributed by atoms with Crippen LogP contribution in [0.4, 0.5) is 11.4 Å². The molecule has 0 radical (unpaired) electrons. The van der Waals surface area contributed by atoms with Crippen LogP contribution in [0, 0.1) is 16.0 Å². The van der Waals surface area contributed by atoms with Gasteiger partial charge >= 0.3 is 0 Å². The Kier molecular flexibility index (Phi) is 6.46. The Morgan fingerprint density at radius 2 is 1.46 bits per heavy atom. The molecular formula is C36H32N2O3. The maximum Gasteiger partial charge on any atom is 0.269 e. The number of allylic oxidation sites excluding steroid dienone is 2. The van der Waals surface area contributed by atoms with Gasteiger partial charge in [0.15, 0.2) is 5.78 Å². The van der Waals surface area contributed by atoms with E-state index in [-0.39, 0.29) is 11.5 Å². The number of nitrogens with zero attached hydrogens (tertiary/aromatic N) is 2. The Bertz CT molecular complexity index is 1690. The lowest BCUT2D eigenvalue weighted by molar-refractivity contribution is -0.384. The van der Waals surface area contributed by atoms with Crippen LogP contribution in [0.15, 0.2) is 121 Å². The van der Waals surface area contributed by atoms with Crippen LogP contribution in [0.2, 0.25) is 0 Å². The number of anilines is 1. The van der Waals surface area contributed by atoms with Crippen molar-refractivity contribution in [3.05, 3.63) is 154 Å². The molecule has 204 valence electrons. The average Bonchev–Trinajstić information content (AvgIpc) is 3.21. The van der Waals surface area contributed by atoms with Crippen molar-refractivity contribution < 1.29 is 9.72 Å². The van der Waals surface area contributed by atoms with Gasteiger partial charge in [-0.1, -0.05) is 92.7 Å². The second kappa shape index (κ2) is 10.0. The highest BCUT2D eigenvalue weighted by molar-refractivity contribution is 6.10. The largest absolute Gasteiger partial charge is 0.363 e. The molecule has 0 saturated heterocycles. The highest BCUT2D eigenvalue weighted by Gasteiger charge is 2.63. The number of hydrogen-bond acceptors (Lipinski definition) is 4. The van der Waals surface area contributed by atoms with Gasteiger partial charge in [-0.25, -0.2) is 0 Å². The molecule has 0 bridgehead atoms. The number of hydrogen-bond donors (Lipinski definition) is 0. The Morgan fingerprint density at radius 3 is 2.10 bits per heavy atom. The second-order valence-electron chi connectivity index (χ2n) is 11.1. The summed E-state index contributed by atoms with van der Waals surface area (Å²) in [6, 6.07) is 34.8. The lowest BCUT2D eigenvalue weighted by atomic mass is 9.55. The van der Waals surface area contributed by atoms with Gasteiger partial charge in [-0.3, -0.25) is 14.9 Å². The molecule has 1 aliphatic carbocycles. The van der Waals surface area contributed by atoms with E-state index in [1.807, 2.05) is 48.5 Å². The van der Waals surface area contributed by atoms with Gasteiger partial charge in [-0.05, 0) is 64.6 Å². The van der Waals surface area contributed by atoms with Crippen molar-refractivity contribution in [1.29, 1.82) is 0 Å². The number of fused-ring (bicyclic) bond motifs is 1. The lowest BCUT2D eigenvalue weighted by Crippen LogP contribution is -2.62. The Labute approximate surface area is 240 Å². The maximum absolute atomic E-state index is 14.9. The van der Waals surface area contributed by atoms with Crippen molar-refractivity contribution in [3.8, 4) is 0 Å². The van der Waals surface area contributed by atoms with E-state index in [0.717, 1.165) is 34.4 Å². The number of Topliss-reactive ketones (excluding diaryl/α,β-unsaturated/α-hetero) is 1. The predicted octanol–water partition coefficient (Wildman–Crippen LogP) is 8.13. The third-order valence-electron chi connectivity index (χ3n) is 9.28. The van der Waals surface area contributed by atoms with E-state index < -0.39 is 21.8 Å². The molecule has 4 aromatic carbocycles. The van der Waals surface area contributed by atoms with Gasteiger partial charge in [0.25, 0.3) is 5.69 Å². The number of rotatable bonds is 6. The molecule has 2 aliphatic rings. The summed E-state index contributed by atoms with van der Waals surface area (Å²) < 4.78 is 0. The number of benzene rings is 4. The molecule has 3 atom stereocenters. The minimum Gasteiger partial charge on any atom is -0.363 e. The fourth-order valence-electron chi connectivity index (χ4n) is 7.04. The minimum atomic E-state index is -0.755. The highest BCUT2D eigenvalue weighted by Crippen LogP contribution is 2.61. The molecule has 0 aromatic heterocycles. The smallest absolute Gasteiger partial charge is 0.269 e. The van der Waals surface area contributed by atoms with E-state index in [1.54, 1.807) is 12.1 Å². The summed E-state index contributed by atoms with van der Waals surface area (Å²) in [5, 5.41) is 11.5. The molecule has 5 heteroatoms. The van der Waals surface area contributed by atoms with E-state index >= 15 is 0 Å². The van der Waals surface area contributed by atoms with Gasteiger partial charge in [-0.2, -0.15) is 0 Å². The molecule has 1 aliphatic heterocycles. The van der Waals surface area contributed by atoms with Crippen molar-refractivity contribution >= 4 is 28.3 Å². The van der Waals surface area contributed by atoms with Crippen molar-refractivity contribution in [2.45, 2.75) is 31.2 Å². The molecule has 1 heterocycles. The van der Waals surface area contributed by atoms with Crippen LogP contribution in [0.1, 0.15) is 47.3 Å². The number of para-hydroxylation sites is 1. The lowest BCUT2D eigenvalue weighted by Gasteiger charge is -2.53. The van der Waals surface area contributed by atoms with Crippen LogP contribution in [-0.4, -0.2) is 23.3 Å². The predicted molar refractivity (Wildman–Crippen MR) is 165 cm³/mol. The molecule has 0 unspecified atom stereocenters. The Balaban J connectivity index is 1.69. The van der Waals surface area contributed by atoms with Crippen molar-refractivity contribution in [3.63, 3.8) is 0 Å². The first-order chi connectivity index (χ1) is 19.8. The summed E-state index contributed by atoms with van der Waals surface area (Å²) in [6.07, 6.45) is 5.23. The van der Waals surface area contributed by atoms with E-state index in [0.29, 0.717) is 5.56 Å². The summed E-state index contributed by atoms with van der Waals surface area (Å²) in [6.45, 7) is 4.47. The molecule has 0 saturated carbocycles. The van der Waals surface area contributed by atoms with Gasteiger partial charge in [0, 0.05) is 35.8 Å². The number of likely N-dealkylation sites (N-methyl/N-ethyl adjacent to an activating group) is 1. The molecule has 0 amide bonds. The fraction of sp³-hybridized carbons (Fsp3) is 0.194. The fourth-order valence-corrected chi connectivity index (χ4v) is 7.04. The second-order valence-corrected chi connectivity index (χ2v) is 11.1. The topological polar surface area (TPSA) is 63.4 Å². The molecular weight excluding hydrogens is 508 g/mol. The zero-order valence-corrected chi connectivity index (χ0v) is 23.5. The van der Waals surface area contributed by atoms with Crippen molar-refractivity contribution in [2.24, 2.45) is 5.92 Å². The SMILES string of the molecule is CC[C@@]1(C)c2ccccc2N(C)[C@@]12C=C(c1ccccc1)C=C(c1ccc([N+](=O)[O-])cc1)[C@@H]2C(=O)c1ccccc1. The Hall–Kier alpha value is -4.77. The zero-order chi connectivity index (χ0) is 28.8. The van der Waals surface area contributed by atoms with Crippen molar-refractivity contribution in [2.75, 3.05) is 11.9 Å². The van der Waals surface area contributed by atoms with Crippen LogP contribution < -0.4 is 4.90 Å². The summed E-state index contributed by atoms with van der Waals surface area (Å²) in [4.78, 5) is 28.3. The minimum absolute atomic E-state index is 0.0217. The van der Waals surface area contributed by atoms with Crippen LogP contribution in [0.25, 0.3) is 11.1 Å². The van der Waals surface area contributed by atoms with Gasteiger partial charge in [0.1, 0.15) is 0 Å². The first kappa shape index (κ1) is 26.5. The molecule has 0 fully saturated rings. The number of ketones is 1. The van der Waals surface area contributed by atoms with E-state index in [4.69, 9.17) is 0 Å². The number of nitro groups is 1. The molecule has 4 aromatic rings. The molecule has 41 heavy (non-hydrogen) atoms. The summed E-state index contributed by atoms with van der Waals surface area (Å²) in [7, 11) is 2.10. The summed E-state index contributed by atoms with van der Waals surface area (Å²) in [5.41, 5.74) is 5.54. The standard InChI is InChI=1S/C36H32N2O3/c1-4-35(2)31-17-11-12-18-32(31)37(3)36(35)24-28(25-13-7-5-8-14-25)23-30(26-19-21-29(22-20-26)38(40)41)33(36)34(39)27-15-9-6-10-16-27/h5-24,33H,4H2,1-3H3/t33-,35+,36-/m1/s1. The Morgan fingerprint density at radius 1 is 0.854 bits per heavy atom. The first-order valence-corrected chi connectivity index (χ1v) is 14.0. The van der Waals surface area contributed by atoms with E-state index in [2.05, 4.69) is 74.3 Å².